The maximum absolute atomic E-state index is 15.6. The van der Waals surface area contributed by atoms with E-state index in [4.69, 9.17) is 11.6 Å². The van der Waals surface area contributed by atoms with E-state index in [1.54, 1.807) is 0 Å². The molecule has 2 aliphatic carbocycles. The molecule has 0 unspecified atom stereocenters. The lowest BCUT2D eigenvalue weighted by Crippen LogP contribution is -2.48. The summed E-state index contributed by atoms with van der Waals surface area (Å²) < 4.78 is 214. The number of halogens is 11. The molecule has 0 spiro atoms. The molecule has 3 atom stereocenters. The number of pyridine rings is 1. The number of sulfone groups is 1. The number of nitrogens with zero attached hydrogens (tertiary/aromatic N) is 6. The molecule has 76 heavy (non-hydrogen) atoms. The van der Waals surface area contributed by atoms with Crippen LogP contribution < -0.4 is 14.9 Å². The van der Waals surface area contributed by atoms with Gasteiger partial charge in [-0.25, -0.2) is 40.0 Å². The molecule has 3 heterocycles. The highest BCUT2D eigenvalue weighted by Gasteiger charge is 2.68. The Hall–Kier alpha value is -5.83. The minimum absolute atomic E-state index is 0.114. The van der Waals surface area contributed by atoms with Crippen LogP contribution in [0, 0.1) is 29.4 Å². The van der Waals surface area contributed by atoms with Gasteiger partial charge in [0.1, 0.15) is 40.9 Å². The van der Waals surface area contributed by atoms with E-state index in [1.165, 1.54) is 13.8 Å². The molecule has 1 fully saturated rings. The molecule has 0 bridgehead atoms. The standard InChI is InChI=1S/C44H42ClF10N8O10PS2/c1-40(2,73-74(66,67)68)19-56-39(65)63(76(6,71)72)38-33-29(45)10-9-26(35(33)62(60-38)20-42(48,49)50)25-8-7-24(11-12-41(3,4)75(5,69)70)57-34(25)30(15-21-13-22(46)16-23(47)14-21)58-31(64)18-61-37-32(36(59-61)44(53,54)55)27-17-28(27)43(37,51)52/h7-10,13-14,16,27-28,30H,15,17-20H2,1-6H3,(H,56,65)(H,58,64)(H2,66,67,68)/t27-,28+,30-/m0/s1. The number of hydrogen-bond acceptors (Lipinski definition) is 11. The first-order valence-corrected chi connectivity index (χ1v) is 27.6. The molecular formula is C44H42ClF10N8O10PS2. The van der Waals surface area contributed by atoms with Crippen molar-refractivity contribution >= 4 is 67.9 Å². The van der Waals surface area contributed by atoms with Gasteiger partial charge in [-0.2, -0.15) is 49.6 Å². The van der Waals surface area contributed by atoms with Crippen LogP contribution in [0.4, 0.5) is 54.5 Å². The summed E-state index contributed by atoms with van der Waals surface area (Å²) in [4.78, 5) is 51.2. The number of phosphoric acid groups is 1. The van der Waals surface area contributed by atoms with E-state index < -0.39 is 174 Å². The zero-order valence-electron chi connectivity index (χ0n) is 40.1. The number of carbonyl (C=O) groups excluding carboxylic acids is 2. The Labute approximate surface area is 430 Å². The Bertz CT molecular complexity index is 3540. The number of nitrogens with one attached hydrogen (secondary N) is 2. The van der Waals surface area contributed by atoms with Gasteiger partial charge < -0.3 is 20.4 Å². The maximum atomic E-state index is 15.6. The van der Waals surface area contributed by atoms with Crippen LogP contribution in [0.3, 0.4) is 0 Å². The number of aromatic nitrogens is 5. The monoisotopic (exact) mass is 1160 g/mol. The fraction of sp³-hybridized carbons (Fsp3) is 0.432. The number of hydrogen-bond donors (Lipinski definition) is 4. The van der Waals surface area contributed by atoms with Crippen LogP contribution in [-0.2, 0) is 65.4 Å². The molecular weight excluding hydrogens is 1120 g/mol. The van der Waals surface area contributed by atoms with Gasteiger partial charge in [0.15, 0.2) is 21.3 Å². The predicted octanol–water partition coefficient (Wildman–Crippen LogP) is 7.65. The molecule has 5 aromatic rings. The lowest BCUT2D eigenvalue weighted by atomic mass is 9.93. The van der Waals surface area contributed by atoms with Gasteiger partial charge in [-0.3, -0.25) is 18.7 Å². The zero-order chi connectivity index (χ0) is 56.8. The van der Waals surface area contributed by atoms with Gasteiger partial charge in [0, 0.05) is 41.5 Å². The van der Waals surface area contributed by atoms with E-state index in [0.29, 0.717) is 12.3 Å². The number of carbonyl (C=O) groups is 2. The molecule has 0 radical (unpaired) electrons. The molecule has 3 amide bonds. The van der Waals surface area contributed by atoms with E-state index >= 15 is 8.78 Å². The first-order chi connectivity index (χ1) is 34.6. The third-order valence-electron chi connectivity index (χ3n) is 12.0. The Kier molecular flexibility index (Phi) is 14.9. The summed E-state index contributed by atoms with van der Waals surface area (Å²) in [5, 5.41) is 10.4. The molecule has 4 N–H and O–H groups in total. The predicted molar refractivity (Wildman–Crippen MR) is 251 cm³/mol. The van der Waals surface area contributed by atoms with Crippen LogP contribution in [0.25, 0.3) is 22.0 Å². The van der Waals surface area contributed by atoms with Crippen LogP contribution in [0.5, 0.6) is 0 Å². The number of anilines is 1. The largest absolute Gasteiger partial charge is 0.470 e. The Morgan fingerprint density at radius 3 is 2.14 bits per heavy atom. The fourth-order valence-corrected chi connectivity index (χ4v) is 10.5. The van der Waals surface area contributed by atoms with Crippen LogP contribution in [-0.4, -0.2) is 98.7 Å². The second-order valence-electron chi connectivity index (χ2n) is 19.0. The molecule has 2 aromatic carbocycles. The fourth-order valence-electron chi connectivity index (χ4n) is 8.52. The summed E-state index contributed by atoms with van der Waals surface area (Å²) >= 11 is 6.62. The quantitative estimate of drug-likeness (QED) is 0.0448. The molecule has 7 rings (SSSR count). The Morgan fingerprint density at radius 1 is 0.961 bits per heavy atom. The number of amides is 3. The summed E-state index contributed by atoms with van der Waals surface area (Å²) in [5.74, 6) is -6.38. The zero-order valence-corrected chi connectivity index (χ0v) is 43.4. The lowest BCUT2D eigenvalue weighted by molar-refractivity contribution is -0.143. The van der Waals surface area contributed by atoms with Crippen molar-refractivity contribution in [2.45, 2.75) is 94.2 Å². The summed E-state index contributed by atoms with van der Waals surface area (Å²) in [6, 6.07) is 2.76. The summed E-state index contributed by atoms with van der Waals surface area (Å²) in [7, 11) is -14.2. The first kappa shape index (κ1) is 57.9. The number of benzene rings is 2. The second-order valence-corrected chi connectivity index (χ2v) is 25.0. The van der Waals surface area contributed by atoms with Crippen molar-refractivity contribution in [3.63, 3.8) is 0 Å². The van der Waals surface area contributed by atoms with Crippen LogP contribution >= 0.6 is 19.4 Å². The molecule has 0 saturated heterocycles. The van der Waals surface area contributed by atoms with Crippen molar-refractivity contribution in [1.29, 1.82) is 0 Å². The Morgan fingerprint density at radius 2 is 1.58 bits per heavy atom. The van der Waals surface area contributed by atoms with Crippen molar-refractivity contribution < 1.29 is 89.2 Å². The summed E-state index contributed by atoms with van der Waals surface area (Å²) in [6.45, 7) is 0.347. The molecule has 18 nitrogen and oxygen atoms in total. The van der Waals surface area contributed by atoms with E-state index in [2.05, 4.69) is 42.2 Å². The first-order valence-electron chi connectivity index (χ1n) is 21.9. The number of fused-ring (bicyclic) bond motifs is 4. The topological polar surface area (TPSA) is 245 Å². The third-order valence-corrected chi connectivity index (χ3v) is 16.1. The van der Waals surface area contributed by atoms with Crippen molar-refractivity contribution in [2.75, 3.05) is 23.4 Å². The Balaban J connectivity index is 1.47. The lowest BCUT2D eigenvalue weighted by Gasteiger charge is -2.27. The van der Waals surface area contributed by atoms with Gasteiger partial charge in [0.2, 0.25) is 15.9 Å². The molecule has 412 valence electrons. The normalized spacial score (nSPS) is 17.1. The maximum Gasteiger partial charge on any atom is 0.470 e. The SMILES string of the molecule is CC(C)(CNC(=O)N(c1nn(CC(F)(F)F)c2c(-c3ccc(C#CC(C)(C)S(C)(=O)=O)nc3[C@H](Cc3cc(F)cc(F)c3)NC(=O)Cn3nc(C(F)(F)F)c4c3C(F)(F)[C@@H]3C[C@H]43)ccc(Cl)c12)S(C)(=O)=O)OP(=O)(O)O. The number of alkyl halides is 8. The van der Waals surface area contributed by atoms with Gasteiger partial charge in [-0.15, -0.1) is 0 Å². The van der Waals surface area contributed by atoms with Crippen molar-refractivity contribution in [1.82, 2.24) is 35.2 Å². The van der Waals surface area contributed by atoms with Gasteiger partial charge >= 0.3 is 26.2 Å². The van der Waals surface area contributed by atoms with Gasteiger partial charge in [0.25, 0.3) is 5.92 Å². The summed E-state index contributed by atoms with van der Waals surface area (Å²) in [5.41, 5.74) is -8.25. The number of sulfonamides is 1. The van der Waals surface area contributed by atoms with E-state index in [1.807, 2.05) is 0 Å². The number of urea groups is 1. The average molecular weight is 1160 g/mol. The molecule has 32 heteroatoms. The van der Waals surface area contributed by atoms with Crippen LogP contribution in [0.2, 0.25) is 5.02 Å². The van der Waals surface area contributed by atoms with E-state index in [-0.39, 0.29) is 36.9 Å². The summed E-state index contributed by atoms with van der Waals surface area (Å²) in [6.07, 6.45) is -10.2. The smallest absolute Gasteiger partial charge is 0.346 e. The van der Waals surface area contributed by atoms with Crippen molar-refractivity contribution in [3.05, 3.63) is 93.0 Å². The van der Waals surface area contributed by atoms with Gasteiger partial charge in [0.05, 0.1) is 39.5 Å². The number of phosphoric ester groups is 1. The molecule has 2 aliphatic rings. The number of rotatable bonds is 15. The highest BCUT2D eigenvalue weighted by molar-refractivity contribution is 7.93. The second kappa shape index (κ2) is 19.6. The van der Waals surface area contributed by atoms with Crippen molar-refractivity contribution in [2.24, 2.45) is 5.92 Å². The van der Waals surface area contributed by atoms with Crippen LogP contribution in [0.15, 0.2) is 42.5 Å². The minimum atomic E-state index is -5.25. The van der Waals surface area contributed by atoms with Crippen LogP contribution in [0.1, 0.15) is 80.0 Å². The highest BCUT2D eigenvalue weighted by atomic mass is 35.5. The van der Waals surface area contributed by atoms with Crippen molar-refractivity contribution in [3.8, 4) is 23.0 Å². The van der Waals surface area contributed by atoms with E-state index in [0.717, 1.165) is 56.5 Å². The molecule has 3 aromatic heterocycles. The van der Waals surface area contributed by atoms with Gasteiger partial charge in [-0.05, 0) is 88.3 Å². The molecule has 0 aliphatic heterocycles. The molecule has 1 saturated carbocycles. The average Bonchev–Trinajstić information content (AvgIpc) is 3.75. The van der Waals surface area contributed by atoms with E-state index in [9.17, 15) is 75.9 Å². The van der Waals surface area contributed by atoms with Gasteiger partial charge in [-0.1, -0.05) is 23.6 Å². The highest BCUT2D eigenvalue weighted by Crippen LogP contribution is 2.68. The third kappa shape index (κ3) is 12.3. The minimum Gasteiger partial charge on any atom is -0.346 e.